The predicted octanol–water partition coefficient (Wildman–Crippen LogP) is 5.75. The number of furan rings is 1. The van der Waals surface area contributed by atoms with Crippen molar-refractivity contribution in [3.63, 3.8) is 0 Å². The maximum Gasteiger partial charge on any atom is 0.169 e. The molecule has 0 fully saturated rings. The fourth-order valence-corrected chi connectivity index (χ4v) is 4.03. The van der Waals surface area contributed by atoms with Gasteiger partial charge in [0, 0.05) is 21.4 Å². The third-order valence-corrected chi connectivity index (χ3v) is 5.49. The molecule has 0 amide bonds. The Balaban J connectivity index is 2.05. The molecule has 0 saturated carbocycles. The van der Waals surface area contributed by atoms with Gasteiger partial charge in [-0.1, -0.05) is 0 Å². The van der Waals surface area contributed by atoms with E-state index in [9.17, 15) is 15.0 Å². The molecule has 0 saturated heterocycles. The van der Waals surface area contributed by atoms with Crippen LogP contribution in [0.15, 0.2) is 52.9 Å². The summed E-state index contributed by atoms with van der Waals surface area (Å²) in [7, 11) is 0. The lowest BCUT2D eigenvalue weighted by Crippen LogP contribution is -1.83. The number of phenols is 2. The maximum atomic E-state index is 11.7. The van der Waals surface area contributed by atoms with E-state index >= 15 is 0 Å². The van der Waals surface area contributed by atoms with Crippen molar-refractivity contribution in [3.8, 4) is 33.3 Å². The highest BCUT2D eigenvalue weighted by molar-refractivity contribution is 7.17. The number of aromatic hydroxyl groups is 2. The van der Waals surface area contributed by atoms with Crippen LogP contribution in [0.1, 0.15) is 22.2 Å². The average molecular weight is 364 g/mol. The van der Waals surface area contributed by atoms with Gasteiger partial charge in [0.2, 0.25) is 0 Å². The van der Waals surface area contributed by atoms with Crippen molar-refractivity contribution in [2.75, 3.05) is 0 Å². The molecule has 0 spiro atoms. The van der Waals surface area contributed by atoms with Crippen LogP contribution in [-0.2, 0) is 0 Å². The summed E-state index contributed by atoms with van der Waals surface area (Å²) >= 11 is 1.40. The number of aryl methyl sites for hydroxylation is 1. The predicted molar refractivity (Wildman–Crippen MR) is 103 cm³/mol. The Morgan fingerprint density at radius 2 is 1.73 bits per heavy atom. The fourth-order valence-electron chi connectivity index (χ4n) is 3.07. The Morgan fingerprint density at radius 3 is 2.38 bits per heavy atom. The number of phenolic OH excluding ortho intramolecular Hbond substituents is 2. The van der Waals surface area contributed by atoms with E-state index in [1.165, 1.54) is 11.3 Å². The number of carbonyl (C=O) groups is 1. The molecule has 0 aliphatic heterocycles. The summed E-state index contributed by atoms with van der Waals surface area (Å²) in [5.74, 6) is 0.998. The second-order valence-corrected chi connectivity index (χ2v) is 7.30. The molecule has 0 aliphatic rings. The minimum atomic E-state index is 0.0132. The quantitative estimate of drug-likeness (QED) is 0.454. The SMILES string of the molecule is CC(=O)c1ccc(-c2c(-c3ccc(O)cc3)oc3c(C)cc(O)cc23)s1. The summed E-state index contributed by atoms with van der Waals surface area (Å²) in [6.45, 7) is 3.42. The number of ketones is 1. The zero-order valence-corrected chi connectivity index (χ0v) is 15.1. The van der Waals surface area contributed by atoms with Crippen LogP contribution in [0.2, 0.25) is 0 Å². The molecule has 2 aromatic heterocycles. The number of Topliss-reactive ketones (excluding diaryl/α,β-unsaturated/α-hetero) is 1. The number of hydrogen-bond acceptors (Lipinski definition) is 5. The van der Waals surface area contributed by atoms with Gasteiger partial charge in [-0.2, -0.15) is 0 Å². The van der Waals surface area contributed by atoms with Gasteiger partial charge in [0.15, 0.2) is 5.78 Å². The first-order valence-corrected chi connectivity index (χ1v) is 8.92. The van der Waals surface area contributed by atoms with E-state index in [2.05, 4.69) is 0 Å². The van der Waals surface area contributed by atoms with Gasteiger partial charge in [-0.15, -0.1) is 11.3 Å². The van der Waals surface area contributed by atoms with Gasteiger partial charge in [0.25, 0.3) is 0 Å². The lowest BCUT2D eigenvalue weighted by Gasteiger charge is -2.02. The van der Waals surface area contributed by atoms with E-state index in [4.69, 9.17) is 4.42 Å². The summed E-state index contributed by atoms with van der Waals surface area (Å²) in [6.07, 6.45) is 0. The van der Waals surface area contributed by atoms with Crippen molar-refractivity contribution in [3.05, 3.63) is 59.0 Å². The van der Waals surface area contributed by atoms with Crippen LogP contribution in [0.25, 0.3) is 32.7 Å². The highest BCUT2D eigenvalue weighted by Crippen LogP contribution is 2.45. The Labute approximate surface area is 154 Å². The molecule has 0 radical (unpaired) electrons. The van der Waals surface area contributed by atoms with E-state index in [0.717, 1.165) is 27.0 Å². The lowest BCUT2D eigenvalue weighted by molar-refractivity contribution is 0.102. The van der Waals surface area contributed by atoms with Crippen molar-refractivity contribution >= 4 is 28.1 Å². The van der Waals surface area contributed by atoms with E-state index in [1.807, 2.05) is 13.0 Å². The molecule has 0 atom stereocenters. The van der Waals surface area contributed by atoms with Crippen molar-refractivity contribution in [1.29, 1.82) is 0 Å². The molecule has 130 valence electrons. The minimum absolute atomic E-state index is 0.0132. The van der Waals surface area contributed by atoms with E-state index in [-0.39, 0.29) is 17.3 Å². The van der Waals surface area contributed by atoms with Crippen LogP contribution >= 0.6 is 11.3 Å². The van der Waals surface area contributed by atoms with Crippen LogP contribution in [0, 0.1) is 6.92 Å². The largest absolute Gasteiger partial charge is 0.508 e. The summed E-state index contributed by atoms with van der Waals surface area (Å²) in [5, 5.41) is 20.4. The number of benzene rings is 2. The van der Waals surface area contributed by atoms with Crippen LogP contribution in [-0.4, -0.2) is 16.0 Å². The molecule has 4 nitrogen and oxygen atoms in total. The van der Waals surface area contributed by atoms with Crippen LogP contribution in [0.3, 0.4) is 0 Å². The van der Waals surface area contributed by atoms with Gasteiger partial charge in [0.05, 0.1) is 4.88 Å². The minimum Gasteiger partial charge on any atom is -0.508 e. The lowest BCUT2D eigenvalue weighted by atomic mass is 10.0. The Bertz CT molecular complexity index is 1130. The summed E-state index contributed by atoms with van der Waals surface area (Å²) in [6, 6.07) is 13.8. The van der Waals surface area contributed by atoms with Gasteiger partial charge < -0.3 is 14.6 Å². The van der Waals surface area contributed by atoms with E-state index in [0.29, 0.717) is 16.2 Å². The molecule has 2 heterocycles. The van der Waals surface area contributed by atoms with Gasteiger partial charge in [-0.3, -0.25) is 4.79 Å². The number of rotatable bonds is 3. The zero-order chi connectivity index (χ0) is 18.4. The standard InChI is InChI=1S/C21H16O4S/c1-11-9-15(24)10-16-19(18-8-7-17(26-18)12(2)22)21(25-20(11)16)13-3-5-14(23)6-4-13/h3-10,23-24H,1-2H3. The highest BCUT2D eigenvalue weighted by atomic mass is 32.1. The Hall–Kier alpha value is -3.05. The van der Waals surface area contributed by atoms with E-state index < -0.39 is 0 Å². The summed E-state index contributed by atoms with van der Waals surface area (Å²) in [4.78, 5) is 13.3. The number of hydrogen-bond donors (Lipinski definition) is 2. The molecule has 0 aliphatic carbocycles. The Kier molecular flexibility index (Phi) is 3.81. The molecule has 2 N–H and O–H groups in total. The summed E-state index contributed by atoms with van der Waals surface area (Å²) in [5.41, 5.74) is 3.17. The molecule has 4 rings (SSSR count). The van der Waals surface area contributed by atoms with Crippen molar-refractivity contribution < 1.29 is 19.4 Å². The summed E-state index contributed by atoms with van der Waals surface area (Å²) < 4.78 is 6.16. The topological polar surface area (TPSA) is 70.7 Å². The molecule has 0 bridgehead atoms. The van der Waals surface area contributed by atoms with Gasteiger partial charge in [-0.25, -0.2) is 0 Å². The molecule has 26 heavy (non-hydrogen) atoms. The third-order valence-electron chi connectivity index (χ3n) is 4.29. The average Bonchev–Trinajstić information content (AvgIpc) is 3.20. The van der Waals surface area contributed by atoms with Gasteiger partial charge in [-0.05, 0) is 67.9 Å². The monoisotopic (exact) mass is 364 g/mol. The zero-order valence-electron chi connectivity index (χ0n) is 14.2. The molecular formula is C21H16O4S. The van der Waals surface area contributed by atoms with Crippen molar-refractivity contribution in [1.82, 2.24) is 0 Å². The van der Waals surface area contributed by atoms with Crippen LogP contribution in [0.4, 0.5) is 0 Å². The van der Waals surface area contributed by atoms with Crippen LogP contribution in [0.5, 0.6) is 11.5 Å². The fraction of sp³-hybridized carbons (Fsp3) is 0.0952. The second-order valence-electron chi connectivity index (χ2n) is 6.21. The first-order chi connectivity index (χ1) is 12.4. The third kappa shape index (κ3) is 2.66. The molecule has 4 aromatic rings. The number of fused-ring (bicyclic) bond motifs is 1. The first kappa shape index (κ1) is 16.4. The number of thiophene rings is 1. The molecule has 2 aromatic carbocycles. The van der Waals surface area contributed by atoms with Gasteiger partial charge in [0.1, 0.15) is 22.8 Å². The second kappa shape index (κ2) is 6.04. The van der Waals surface area contributed by atoms with Gasteiger partial charge >= 0.3 is 0 Å². The smallest absolute Gasteiger partial charge is 0.169 e. The first-order valence-electron chi connectivity index (χ1n) is 8.10. The highest BCUT2D eigenvalue weighted by Gasteiger charge is 2.21. The van der Waals surface area contributed by atoms with E-state index in [1.54, 1.807) is 49.4 Å². The number of carbonyl (C=O) groups excluding carboxylic acids is 1. The van der Waals surface area contributed by atoms with Crippen molar-refractivity contribution in [2.24, 2.45) is 0 Å². The molecular weight excluding hydrogens is 348 g/mol. The normalized spacial score (nSPS) is 11.2. The van der Waals surface area contributed by atoms with Crippen LogP contribution < -0.4 is 0 Å². The Morgan fingerprint density at radius 1 is 1.00 bits per heavy atom. The van der Waals surface area contributed by atoms with Crippen molar-refractivity contribution in [2.45, 2.75) is 13.8 Å². The maximum absolute atomic E-state index is 11.7. The molecule has 0 unspecified atom stereocenters. The molecule has 5 heteroatoms.